The molecule has 108 valence electrons. The number of likely N-dealkylation sites (N-methyl/N-ethyl adjacent to an activating group) is 1. The second-order valence-electron chi connectivity index (χ2n) is 5.89. The van der Waals surface area contributed by atoms with Gasteiger partial charge in [0.2, 0.25) is 0 Å². The van der Waals surface area contributed by atoms with E-state index in [9.17, 15) is 0 Å². The third kappa shape index (κ3) is 3.95. The minimum Gasteiger partial charge on any atom is -0.378 e. The van der Waals surface area contributed by atoms with Crippen LogP contribution >= 0.6 is 0 Å². The maximum absolute atomic E-state index is 5.99. The van der Waals surface area contributed by atoms with Gasteiger partial charge in [0.25, 0.3) is 0 Å². The highest BCUT2D eigenvalue weighted by Gasteiger charge is 2.22. The Morgan fingerprint density at radius 1 is 1.00 bits per heavy atom. The second-order valence-corrected chi connectivity index (χ2v) is 5.89. The Hall–Kier alpha value is -1.06. The van der Waals surface area contributed by atoms with Gasteiger partial charge in [-0.1, -0.05) is 26.0 Å². The fourth-order valence-corrected chi connectivity index (χ4v) is 2.29. The molecule has 3 heteroatoms. The van der Waals surface area contributed by atoms with E-state index in [0.717, 1.165) is 0 Å². The quantitative estimate of drug-likeness (QED) is 0.856. The molecule has 0 heterocycles. The molecule has 1 aromatic carbocycles. The minimum absolute atomic E-state index is 0.286. The number of rotatable bonds is 6. The zero-order valence-electron chi connectivity index (χ0n) is 13.2. The fraction of sp³-hybridized carbons (Fsp3) is 0.625. The van der Waals surface area contributed by atoms with E-state index in [1.807, 2.05) is 0 Å². The number of anilines is 1. The standard InChI is InChI=1S/C16H29N3/c1-12(2)13(3)19(6)16(11-17)14-7-9-15(10-8-14)18(4)5/h7-10,12-13,16H,11,17H2,1-6H3. The van der Waals surface area contributed by atoms with Gasteiger partial charge in [0.05, 0.1) is 0 Å². The third-order valence-electron chi connectivity index (χ3n) is 4.12. The van der Waals surface area contributed by atoms with E-state index in [1.165, 1.54) is 11.3 Å². The highest BCUT2D eigenvalue weighted by molar-refractivity contribution is 5.46. The lowest BCUT2D eigenvalue weighted by Gasteiger charge is -2.35. The fourth-order valence-electron chi connectivity index (χ4n) is 2.29. The molecule has 0 radical (unpaired) electrons. The van der Waals surface area contributed by atoms with E-state index >= 15 is 0 Å². The predicted octanol–water partition coefficient (Wildman–Crippen LogP) is 2.73. The summed E-state index contributed by atoms with van der Waals surface area (Å²) in [6, 6.07) is 9.50. The SMILES string of the molecule is CC(C)C(C)N(C)C(CN)c1ccc(N(C)C)cc1. The predicted molar refractivity (Wildman–Crippen MR) is 84.6 cm³/mol. The van der Waals surface area contributed by atoms with E-state index in [1.54, 1.807) is 0 Å². The molecule has 2 N–H and O–H groups in total. The van der Waals surface area contributed by atoms with Crippen molar-refractivity contribution in [1.29, 1.82) is 0 Å². The molecular weight excluding hydrogens is 234 g/mol. The molecule has 0 saturated heterocycles. The van der Waals surface area contributed by atoms with Crippen LogP contribution in [0.5, 0.6) is 0 Å². The van der Waals surface area contributed by atoms with Crippen LogP contribution in [-0.4, -0.2) is 38.6 Å². The van der Waals surface area contributed by atoms with Gasteiger partial charge in [0.15, 0.2) is 0 Å². The van der Waals surface area contributed by atoms with Crippen molar-refractivity contribution < 1.29 is 0 Å². The second kappa shape index (κ2) is 6.92. The molecule has 1 rings (SSSR count). The topological polar surface area (TPSA) is 32.5 Å². The van der Waals surface area contributed by atoms with Crippen LogP contribution in [0.3, 0.4) is 0 Å². The highest BCUT2D eigenvalue weighted by atomic mass is 15.2. The van der Waals surface area contributed by atoms with Crippen molar-refractivity contribution in [1.82, 2.24) is 4.90 Å². The molecule has 0 fully saturated rings. The van der Waals surface area contributed by atoms with Crippen molar-refractivity contribution in [3.63, 3.8) is 0 Å². The Morgan fingerprint density at radius 3 is 1.89 bits per heavy atom. The molecule has 2 atom stereocenters. The van der Waals surface area contributed by atoms with E-state index in [-0.39, 0.29) is 6.04 Å². The maximum atomic E-state index is 5.99. The summed E-state index contributed by atoms with van der Waals surface area (Å²) in [5, 5.41) is 0. The molecule has 1 aromatic rings. The lowest BCUT2D eigenvalue weighted by Crippen LogP contribution is -2.39. The van der Waals surface area contributed by atoms with Gasteiger partial charge in [-0.05, 0) is 37.6 Å². The highest BCUT2D eigenvalue weighted by Crippen LogP contribution is 2.24. The Morgan fingerprint density at radius 2 is 1.53 bits per heavy atom. The number of hydrogen-bond acceptors (Lipinski definition) is 3. The average Bonchev–Trinajstić information content (AvgIpc) is 2.38. The van der Waals surface area contributed by atoms with Crippen LogP contribution in [0.4, 0.5) is 5.69 Å². The maximum Gasteiger partial charge on any atom is 0.0470 e. The van der Waals surface area contributed by atoms with Crippen molar-refractivity contribution >= 4 is 5.69 Å². The van der Waals surface area contributed by atoms with Gasteiger partial charge in [0, 0.05) is 38.4 Å². The first-order chi connectivity index (χ1) is 8.88. The summed E-state index contributed by atoms with van der Waals surface area (Å²) >= 11 is 0. The lowest BCUT2D eigenvalue weighted by atomic mass is 9.99. The van der Waals surface area contributed by atoms with Crippen LogP contribution in [0.1, 0.15) is 32.4 Å². The van der Waals surface area contributed by atoms with Crippen molar-refractivity contribution in [2.75, 3.05) is 32.6 Å². The van der Waals surface area contributed by atoms with Crippen LogP contribution in [0, 0.1) is 5.92 Å². The van der Waals surface area contributed by atoms with Crippen molar-refractivity contribution in [3.8, 4) is 0 Å². The first-order valence-corrected chi connectivity index (χ1v) is 7.07. The summed E-state index contributed by atoms with van der Waals surface area (Å²) in [4.78, 5) is 4.50. The van der Waals surface area contributed by atoms with Gasteiger partial charge < -0.3 is 10.6 Å². The zero-order chi connectivity index (χ0) is 14.6. The smallest absolute Gasteiger partial charge is 0.0470 e. The molecule has 0 aromatic heterocycles. The van der Waals surface area contributed by atoms with Crippen LogP contribution in [0.2, 0.25) is 0 Å². The first-order valence-electron chi connectivity index (χ1n) is 7.07. The molecule has 0 aliphatic rings. The van der Waals surface area contributed by atoms with Gasteiger partial charge >= 0.3 is 0 Å². The van der Waals surface area contributed by atoms with Crippen molar-refractivity contribution in [2.45, 2.75) is 32.9 Å². The number of hydrogen-bond donors (Lipinski definition) is 1. The molecule has 0 amide bonds. The summed E-state index contributed by atoms with van der Waals surface area (Å²) < 4.78 is 0. The van der Waals surface area contributed by atoms with E-state index in [4.69, 9.17) is 5.73 Å². The molecule has 3 nitrogen and oxygen atoms in total. The summed E-state index contributed by atoms with van der Waals surface area (Å²) in [7, 11) is 6.28. The van der Waals surface area contributed by atoms with Crippen LogP contribution in [-0.2, 0) is 0 Å². The Kier molecular flexibility index (Phi) is 5.83. The summed E-state index contributed by atoms with van der Waals surface area (Å²) in [6.45, 7) is 7.42. The number of nitrogens with zero attached hydrogens (tertiary/aromatic N) is 2. The Bertz CT molecular complexity index is 370. The minimum atomic E-state index is 0.286. The monoisotopic (exact) mass is 263 g/mol. The summed E-state index contributed by atoms with van der Waals surface area (Å²) in [5.74, 6) is 0.625. The van der Waals surface area contributed by atoms with Crippen LogP contribution in [0.25, 0.3) is 0 Å². The molecule has 0 bridgehead atoms. The molecule has 0 spiro atoms. The average molecular weight is 263 g/mol. The van der Waals surface area contributed by atoms with E-state index in [0.29, 0.717) is 18.5 Å². The molecular formula is C16H29N3. The van der Waals surface area contributed by atoms with Crippen molar-refractivity contribution in [2.24, 2.45) is 11.7 Å². The van der Waals surface area contributed by atoms with Gasteiger partial charge in [-0.3, -0.25) is 4.90 Å². The molecule has 19 heavy (non-hydrogen) atoms. The molecule has 0 saturated carbocycles. The van der Waals surface area contributed by atoms with Gasteiger partial charge in [-0.15, -0.1) is 0 Å². The van der Waals surface area contributed by atoms with Crippen LogP contribution in [0.15, 0.2) is 24.3 Å². The first kappa shape index (κ1) is 16.0. The van der Waals surface area contributed by atoms with E-state index < -0.39 is 0 Å². The van der Waals surface area contributed by atoms with Crippen molar-refractivity contribution in [3.05, 3.63) is 29.8 Å². The zero-order valence-corrected chi connectivity index (χ0v) is 13.2. The number of nitrogens with two attached hydrogens (primary N) is 1. The summed E-state index contributed by atoms with van der Waals surface area (Å²) in [5.41, 5.74) is 8.51. The summed E-state index contributed by atoms with van der Waals surface area (Å²) in [6.07, 6.45) is 0. The van der Waals surface area contributed by atoms with Gasteiger partial charge in [0.1, 0.15) is 0 Å². The molecule has 0 aliphatic heterocycles. The number of benzene rings is 1. The lowest BCUT2D eigenvalue weighted by molar-refractivity contribution is 0.152. The largest absolute Gasteiger partial charge is 0.378 e. The third-order valence-corrected chi connectivity index (χ3v) is 4.12. The van der Waals surface area contributed by atoms with Gasteiger partial charge in [-0.2, -0.15) is 0 Å². The molecule has 2 unspecified atom stereocenters. The Balaban J connectivity index is 2.90. The van der Waals surface area contributed by atoms with Gasteiger partial charge in [-0.25, -0.2) is 0 Å². The van der Waals surface area contributed by atoms with Crippen LogP contribution < -0.4 is 10.6 Å². The van der Waals surface area contributed by atoms with E-state index in [2.05, 4.69) is 76.0 Å². The normalized spacial score (nSPS) is 14.8. The molecule has 0 aliphatic carbocycles. The Labute approximate surface area is 118 Å².